The molecule has 0 saturated heterocycles. The smallest absolute Gasteiger partial charge is 0.213 e. The maximum absolute atomic E-state index is 11.1. The van der Waals surface area contributed by atoms with Crippen molar-refractivity contribution >= 4 is 28.9 Å². The number of rotatable bonds is 9. The van der Waals surface area contributed by atoms with Gasteiger partial charge in [-0.3, -0.25) is 9.56 Å². The van der Waals surface area contributed by atoms with E-state index >= 15 is 0 Å². The van der Waals surface area contributed by atoms with Crippen LogP contribution in [-0.2, 0) is 13.1 Å². The van der Waals surface area contributed by atoms with Crippen LogP contribution in [0.15, 0.2) is 82.8 Å². The number of nitriles is 1. The monoisotopic (exact) mass is 497 g/mol. The Bertz CT molecular complexity index is 1450. The Hall–Kier alpha value is -4.35. The van der Waals surface area contributed by atoms with Crippen LogP contribution in [0.5, 0.6) is 11.6 Å². The molecule has 0 radical (unpaired) electrons. The molecule has 0 aliphatic rings. The van der Waals surface area contributed by atoms with Crippen molar-refractivity contribution in [3.63, 3.8) is 0 Å². The zero-order valence-electron chi connectivity index (χ0n) is 20.2. The van der Waals surface area contributed by atoms with Crippen molar-refractivity contribution in [1.29, 1.82) is 5.26 Å². The molecule has 182 valence electrons. The molecule has 0 saturated carbocycles. The second kappa shape index (κ2) is 11.9. The van der Waals surface area contributed by atoms with Crippen molar-refractivity contribution in [3.05, 3.63) is 99.2 Å². The lowest BCUT2D eigenvalue weighted by atomic mass is 10.2. The first-order valence-electron chi connectivity index (χ1n) is 11.5. The van der Waals surface area contributed by atoms with Crippen LogP contribution in [-0.4, -0.2) is 29.5 Å². The van der Waals surface area contributed by atoms with Crippen molar-refractivity contribution in [3.8, 4) is 17.7 Å². The minimum Gasteiger partial charge on any atom is -0.497 e. The van der Waals surface area contributed by atoms with E-state index in [0.717, 1.165) is 29.1 Å². The van der Waals surface area contributed by atoms with Gasteiger partial charge in [0.15, 0.2) is 4.80 Å². The van der Waals surface area contributed by atoms with Gasteiger partial charge in [-0.15, -0.1) is 0 Å². The number of benzene rings is 3. The molecule has 0 bridgehead atoms. The number of aromatic hydroxyl groups is 1. The highest BCUT2D eigenvalue weighted by atomic mass is 32.1. The SMILES string of the molecule is CCNc1ccc(C#N)cc1N=c1sc(C=NCc2ccc(OC)cc2)c(O)n1Cc1ccccc1. The maximum atomic E-state index is 11.1. The largest absolute Gasteiger partial charge is 0.497 e. The topological polar surface area (TPSA) is 94.9 Å². The zero-order valence-corrected chi connectivity index (χ0v) is 21.0. The molecule has 36 heavy (non-hydrogen) atoms. The molecule has 0 amide bonds. The van der Waals surface area contributed by atoms with Gasteiger partial charge in [-0.2, -0.15) is 5.26 Å². The number of thiazole rings is 1. The standard InChI is InChI=1S/C28H27N5O2S/c1-3-31-24-14-11-22(16-29)15-25(24)32-28-33(19-21-7-5-4-6-8-21)27(34)26(36-28)18-30-17-20-9-12-23(35-2)13-10-20/h4-15,18,31,34H,3,17,19H2,1-2H3. The molecule has 8 heteroatoms. The maximum Gasteiger partial charge on any atom is 0.213 e. The number of nitrogens with one attached hydrogen (secondary N) is 1. The van der Waals surface area contributed by atoms with Crippen LogP contribution in [0.2, 0.25) is 0 Å². The average molecular weight is 498 g/mol. The Kier molecular flexibility index (Phi) is 8.16. The number of ether oxygens (including phenoxy) is 1. The number of methoxy groups -OCH3 is 1. The van der Waals surface area contributed by atoms with Gasteiger partial charge in [-0.05, 0) is 48.4 Å². The van der Waals surface area contributed by atoms with Gasteiger partial charge < -0.3 is 15.2 Å². The molecule has 2 N–H and O–H groups in total. The molecule has 0 unspecified atom stereocenters. The van der Waals surface area contributed by atoms with Crippen molar-refractivity contribution in [2.45, 2.75) is 20.0 Å². The number of aliphatic imine (C=N–C) groups is 1. The fraction of sp³-hybridized carbons (Fsp3) is 0.179. The van der Waals surface area contributed by atoms with E-state index in [4.69, 9.17) is 9.73 Å². The van der Waals surface area contributed by atoms with Gasteiger partial charge in [0.1, 0.15) is 10.6 Å². The van der Waals surface area contributed by atoms with Crippen molar-refractivity contribution in [2.75, 3.05) is 19.0 Å². The van der Waals surface area contributed by atoms with Crippen LogP contribution < -0.4 is 14.9 Å². The van der Waals surface area contributed by atoms with Crippen molar-refractivity contribution < 1.29 is 9.84 Å². The second-order valence-corrected chi connectivity index (χ2v) is 8.96. The molecule has 4 aromatic rings. The van der Waals surface area contributed by atoms with Gasteiger partial charge in [0.05, 0.1) is 43.2 Å². The molecule has 0 aliphatic carbocycles. The van der Waals surface area contributed by atoms with Crippen molar-refractivity contribution in [1.82, 2.24) is 4.57 Å². The average Bonchev–Trinajstić information content (AvgIpc) is 3.19. The summed E-state index contributed by atoms with van der Waals surface area (Å²) in [6.45, 7) is 3.65. The van der Waals surface area contributed by atoms with E-state index < -0.39 is 0 Å². The van der Waals surface area contributed by atoms with E-state index in [0.29, 0.717) is 34.0 Å². The first-order chi connectivity index (χ1) is 17.6. The van der Waals surface area contributed by atoms with Gasteiger partial charge in [0, 0.05) is 12.8 Å². The lowest BCUT2D eigenvalue weighted by Gasteiger charge is -2.08. The number of nitrogens with zero attached hydrogens (tertiary/aromatic N) is 4. The Morgan fingerprint density at radius 1 is 1.08 bits per heavy atom. The molecule has 4 rings (SSSR count). The summed E-state index contributed by atoms with van der Waals surface area (Å²) in [5.41, 5.74) is 4.05. The summed E-state index contributed by atoms with van der Waals surface area (Å²) in [5.74, 6) is 0.895. The van der Waals surface area contributed by atoms with Crippen molar-refractivity contribution in [2.24, 2.45) is 9.98 Å². The Balaban J connectivity index is 1.73. The zero-order chi connectivity index (χ0) is 25.3. The Morgan fingerprint density at radius 2 is 1.86 bits per heavy atom. The molecule has 0 spiro atoms. The lowest BCUT2D eigenvalue weighted by Crippen LogP contribution is -2.15. The molecule has 0 atom stereocenters. The molecule has 1 heterocycles. The molecule has 0 aliphatic heterocycles. The van der Waals surface area contributed by atoms with Crippen LogP contribution in [0.3, 0.4) is 0 Å². The van der Waals surface area contributed by atoms with Gasteiger partial charge in [-0.25, -0.2) is 4.99 Å². The Morgan fingerprint density at radius 3 is 2.56 bits per heavy atom. The van der Waals surface area contributed by atoms with Crippen LogP contribution in [0.25, 0.3) is 0 Å². The number of hydrogen-bond donors (Lipinski definition) is 2. The summed E-state index contributed by atoms with van der Waals surface area (Å²) in [4.78, 5) is 10.6. The van der Waals surface area contributed by atoms with E-state index in [1.165, 1.54) is 11.3 Å². The highest BCUT2D eigenvalue weighted by molar-refractivity contribution is 7.11. The summed E-state index contributed by atoms with van der Waals surface area (Å²) < 4.78 is 6.97. The number of anilines is 1. The lowest BCUT2D eigenvalue weighted by molar-refractivity contribution is 0.414. The van der Waals surface area contributed by atoms with E-state index in [1.54, 1.807) is 30.0 Å². The summed E-state index contributed by atoms with van der Waals surface area (Å²) in [7, 11) is 1.64. The summed E-state index contributed by atoms with van der Waals surface area (Å²) >= 11 is 1.35. The van der Waals surface area contributed by atoms with Crippen LogP contribution in [0.4, 0.5) is 11.4 Å². The van der Waals surface area contributed by atoms with E-state index in [9.17, 15) is 10.4 Å². The fourth-order valence-corrected chi connectivity index (χ4v) is 4.53. The van der Waals surface area contributed by atoms with Crippen LogP contribution in [0, 0.1) is 11.3 Å². The second-order valence-electron chi connectivity index (χ2n) is 7.95. The van der Waals surface area contributed by atoms with Gasteiger partial charge >= 0.3 is 0 Å². The molecule has 1 aromatic heterocycles. The first kappa shape index (κ1) is 24.8. The fourth-order valence-electron chi connectivity index (χ4n) is 3.60. The predicted octanol–water partition coefficient (Wildman–Crippen LogP) is 5.47. The van der Waals surface area contributed by atoms with E-state index in [2.05, 4.69) is 16.4 Å². The third-order valence-corrected chi connectivity index (χ3v) is 6.45. The number of hydrogen-bond acceptors (Lipinski definition) is 7. The first-order valence-corrected chi connectivity index (χ1v) is 12.3. The van der Waals surface area contributed by atoms with Gasteiger partial charge in [0.25, 0.3) is 0 Å². The molecular formula is C28H27N5O2S. The van der Waals surface area contributed by atoms with E-state index in [1.807, 2.05) is 67.6 Å². The molecule has 0 fully saturated rings. The highest BCUT2D eigenvalue weighted by Crippen LogP contribution is 2.27. The normalized spacial score (nSPS) is 11.5. The minimum atomic E-state index is 0.0996. The van der Waals surface area contributed by atoms with Gasteiger partial charge in [-0.1, -0.05) is 53.8 Å². The van der Waals surface area contributed by atoms with Gasteiger partial charge in [0.2, 0.25) is 5.88 Å². The third-order valence-electron chi connectivity index (χ3n) is 5.44. The third kappa shape index (κ3) is 6.01. The summed E-state index contributed by atoms with van der Waals surface area (Å²) in [5, 5.41) is 23.8. The minimum absolute atomic E-state index is 0.0996. The van der Waals surface area contributed by atoms with E-state index in [-0.39, 0.29) is 5.88 Å². The van der Waals surface area contributed by atoms with Crippen LogP contribution >= 0.6 is 11.3 Å². The highest BCUT2D eigenvalue weighted by Gasteiger charge is 2.13. The molecule has 3 aromatic carbocycles. The quantitative estimate of drug-likeness (QED) is 0.300. The molecular weight excluding hydrogens is 470 g/mol. The Labute approximate surface area is 214 Å². The summed E-state index contributed by atoms with van der Waals surface area (Å²) in [6.07, 6.45) is 1.68. The predicted molar refractivity (Wildman–Crippen MR) is 144 cm³/mol. The number of aromatic nitrogens is 1. The molecule has 7 nitrogen and oxygen atoms in total. The summed E-state index contributed by atoms with van der Waals surface area (Å²) in [6, 6.07) is 25.2. The van der Waals surface area contributed by atoms with Crippen LogP contribution in [0.1, 0.15) is 28.5 Å².